The molecule has 0 aliphatic carbocycles. The first kappa shape index (κ1) is 25.4. The predicted octanol–water partition coefficient (Wildman–Crippen LogP) is 4.02. The van der Waals surface area contributed by atoms with Crippen molar-refractivity contribution in [2.45, 2.75) is 69.1 Å². The Balaban J connectivity index is 2.80. The summed E-state index contributed by atoms with van der Waals surface area (Å²) >= 11 is 0. The largest absolute Gasteiger partial charge is 0.444 e. The zero-order valence-electron chi connectivity index (χ0n) is 18.9. The molecule has 0 saturated carbocycles. The summed E-state index contributed by atoms with van der Waals surface area (Å²) in [5.74, 6) is -1.11. The average molecular weight is 470 g/mol. The molecule has 11 heteroatoms. The van der Waals surface area contributed by atoms with Crippen molar-refractivity contribution < 1.29 is 27.3 Å². The molecule has 1 heterocycles. The van der Waals surface area contributed by atoms with E-state index in [2.05, 4.69) is 16.9 Å². The van der Waals surface area contributed by atoms with Crippen molar-refractivity contribution in [2.24, 2.45) is 4.99 Å². The van der Waals surface area contributed by atoms with Crippen LogP contribution in [0, 0.1) is 15.9 Å². The second-order valence-electron chi connectivity index (χ2n) is 9.22. The lowest BCUT2D eigenvalue weighted by molar-refractivity contribution is -0.385. The SMILES string of the molecule is C=CC[C@@H]1[C@@](C)(c2cc([N+](=O)[O-])ccc2F)N=C(NC(=O)OC(C)(C)C)C(C)(C)S1(=O)=O. The van der Waals surface area contributed by atoms with E-state index in [1.54, 1.807) is 20.8 Å². The molecule has 9 nitrogen and oxygen atoms in total. The molecular formula is C21H28FN3O6S. The number of rotatable bonds is 4. The van der Waals surface area contributed by atoms with Crippen LogP contribution < -0.4 is 5.32 Å². The zero-order chi connectivity index (χ0) is 24.7. The lowest BCUT2D eigenvalue weighted by Crippen LogP contribution is -2.61. The molecule has 0 unspecified atom stereocenters. The zero-order valence-corrected chi connectivity index (χ0v) is 19.7. The lowest BCUT2D eigenvalue weighted by Gasteiger charge is -2.44. The van der Waals surface area contributed by atoms with Gasteiger partial charge in [0.2, 0.25) is 0 Å². The maximum Gasteiger partial charge on any atom is 0.413 e. The van der Waals surface area contributed by atoms with Crippen LogP contribution in [0.4, 0.5) is 14.9 Å². The van der Waals surface area contributed by atoms with E-state index < -0.39 is 53.5 Å². The summed E-state index contributed by atoms with van der Waals surface area (Å²) in [6, 6.07) is 2.84. The lowest BCUT2D eigenvalue weighted by atomic mass is 9.85. The van der Waals surface area contributed by atoms with Crippen molar-refractivity contribution in [1.82, 2.24) is 5.32 Å². The summed E-state index contributed by atoms with van der Waals surface area (Å²) in [6.07, 6.45) is 0.352. The van der Waals surface area contributed by atoms with E-state index in [9.17, 15) is 27.7 Å². The Kier molecular flexibility index (Phi) is 6.57. The number of hydrogen-bond donors (Lipinski definition) is 1. The monoisotopic (exact) mass is 469 g/mol. The third kappa shape index (κ3) is 4.52. The van der Waals surface area contributed by atoms with Crippen LogP contribution in [-0.4, -0.2) is 40.9 Å². The molecule has 0 aromatic heterocycles. The van der Waals surface area contributed by atoms with Gasteiger partial charge in [0.1, 0.15) is 27.5 Å². The number of aliphatic imine (C=N–C) groups is 1. The number of hydrogen-bond acceptors (Lipinski definition) is 7. The molecule has 176 valence electrons. The van der Waals surface area contributed by atoms with Crippen LogP contribution >= 0.6 is 0 Å². The van der Waals surface area contributed by atoms with Gasteiger partial charge in [0.15, 0.2) is 9.84 Å². The predicted molar refractivity (Wildman–Crippen MR) is 119 cm³/mol. The Hall–Kier alpha value is -2.82. The van der Waals surface area contributed by atoms with Gasteiger partial charge in [-0.25, -0.2) is 17.6 Å². The number of carbonyl (C=O) groups excluding carboxylic acids is 1. The first-order valence-electron chi connectivity index (χ1n) is 9.86. The number of alkyl carbamates (subject to hydrolysis) is 1. The molecule has 1 aromatic carbocycles. The molecule has 32 heavy (non-hydrogen) atoms. The van der Waals surface area contributed by atoms with Gasteiger partial charge in [0, 0.05) is 17.7 Å². The molecule has 1 aromatic rings. The van der Waals surface area contributed by atoms with E-state index in [0.29, 0.717) is 0 Å². The molecule has 0 fully saturated rings. The number of benzene rings is 1. The first-order valence-corrected chi connectivity index (χ1v) is 11.4. The molecule has 1 aliphatic rings. The van der Waals surface area contributed by atoms with Crippen molar-refractivity contribution in [3.05, 3.63) is 52.3 Å². The van der Waals surface area contributed by atoms with E-state index in [0.717, 1.165) is 18.2 Å². The van der Waals surface area contributed by atoms with Crippen molar-refractivity contribution in [1.29, 1.82) is 0 Å². The van der Waals surface area contributed by atoms with Gasteiger partial charge >= 0.3 is 6.09 Å². The van der Waals surface area contributed by atoms with Gasteiger partial charge < -0.3 is 4.74 Å². The van der Waals surface area contributed by atoms with Crippen LogP contribution in [0.3, 0.4) is 0 Å². The normalized spacial score (nSPS) is 24.2. The van der Waals surface area contributed by atoms with Gasteiger partial charge in [-0.05, 0) is 54.0 Å². The van der Waals surface area contributed by atoms with Crippen molar-refractivity contribution in [3.63, 3.8) is 0 Å². The van der Waals surface area contributed by atoms with Gasteiger partial charge in [0.05, 0.1) is 10.2 Å². The quantitative estimate of drug-likeness (QED) is 0.403. The Morgan fingerprint density at radius 1 is 1.38 bits per heavy atom. The van der Waals surface area contributed by atoms with Crippen LogP contribution in [0.5, 0.6) is 0 Å². The number of carbonyl (C=O) groups is 1. The van der Waals surface area contributed by atoms with E-state index in [-0.39, 0.29) is 17.8 Å². The van der Waals surface area contributed by atoms with Gasteiger partial charge in [-0.1, -0.05) is 6.08 Å². The van der Waals surface area contributed by atoms with Gasteiger partial charge in [0.25, 0.3) is 5.69 Å². The number of amidine groups is 1. The highest BCUT2D eigenvalue weighted by Gasteiger charge is 2.57. The topological polar surface area (TPSA) is 128 Å². The molecule has 2 atom stereocenters. The number of amides is 1. The Morgan fingerprint density at radius 3 is 2.47 bits per heavy atom. The highest BCUT2D eigenvalue weighted by Crippen LogP contribution is 2.45. The summed E-state index contributed by atoms with van der Waals surface area (Å²) in [6.45, 7) is 12.6. The molecule has 0 spiro atoms. The second kappa shape index (κ2) is 8.27. The highest BCUT2D eigenvalue weighted by molar-refractivity contribution is 7.94. The first-order chi connectivity index (χ1) is 14.5. The number of nitro benzene ring substituents is 1. The Bertz CT molecular complexity index is 1090. The molecule has 0 saturated heterocycles. The van der Waals surface area contributed by atoms with E-state index in [1.165, 1.54) is 26.8 Å². The number of nitrogens with one attached hydrogen (secondary N) is 1. The fraction of sp³-hybridized carbons (Fsp3) is 0.524. The number of halogens is 1. The number of nitro groups is 1. The minimum Gasteiger partial charge on any atom is -0.444 e. The number of allylic oxidation sites excluding steroid dienone is 1. The summed E-state index contributed by atoms with van der Waals surface area (Å²) in [5, 5.41) is 12.4. The fourth-order valence-electron chi connectivity index (χ4n) is 3.57. The van der Waals surface area contributed by atoms with Gasteiger partial charge in [-0.2, -0.15) is 0 Å². The number of sulfone groups is 1. The summed E-state index contributed by atoms with van der Waals surface area (Å²) in [4.78, 5) is 27.4. The van der Waals surface area contributed by atoms with Gasteiger partial charge in [-0.15, -0.1) is 6.58 Å². The average Bonchev–Trinajstić information content (AvgIpc) is 2.62. The van der Waals surface area contributed by atoms with Crippen LogP contribution in [0.1, 0.15) is 53.5 Å². The smallest absolute Gasteiger partial charge is 0.413 e. The Morgan fingerprint density at radius 2 is 1.97 bits per heavy atom. The molecule has 1 aliphatic heterocycles. The maximum absolute atomic E-state index is 14.9. The Labute approximate surface area is 186 Å². The van der Waals surface area contributed by atoms with Crippen molar-refractivity contribution >= 4 is 27.5 Å². The molecular weight excluding hydrogens is 441 g/mol. The van der Waals surface area contributed by atoms with Crippen LogP contribution in [-0.2, 0) is 20.1 Å². The summed E-state index contributed by atoms with van der Waals surface area (Å²) < 4.78 is 45.8. The highest BCUT2D eigenvalue weighted by atomic mass is 32.2. The summed E-state index contributed by atoms with van der Waals surface area (Å²) in [5.41, 5.74) is -3.34. The fourth-order valence-corrected chi connectivity index (χ4v) is 5.82. The van der Waals surface area contributed by atoms with Gasteiger partial charge in [-0.3, -0.25) is 20.4 Å². The minimum atomic E-state index is -4.12. The molecule has 1 N–H and O–H groups in total. The molecule has 0 radical (unpaired) electrons. The van der Waals surface area contributed by atoms with E-state index >= 15 is 0 Å². The molecule has 1 amide bonds. The minimum absolute atomic E-state index is 0.0897. The van der Waals surface area contributed by atoms with Crippen molar-refractivity contribution in [3.8, 4) is 0 Å². The van der Waals surface area contributed by atoms with Crippen molar-refractivity contribution in [2.75, 3.05) is 0 Å². The number of nitrogens with zero attached hydrogens (tertiary/aromatic N) is 2. The number of non-ortho nitro benzene ring substituents is 1. The third-order valence-corrected chi connectivity index (χ3v) is 8.35. The van der Waals surface area contributed by atoms with Crippen LogP contribution in [0.2, 0.25) is 0 Å². The van der Waals surface area contributed by atoms with Crippen LogP contribution in [0.25, 0.3) is 0 Å². The maximum atomic E-state index is 14.9. The third-order valence-electron chi connectivity index (χ3n) is 5.33. The van der Waals surface area contributed by atoms with E-state index in [4.69, 9.17) is 4.74 Å². The second-order valence-corrected chi connectivity index (χ2v) is 11.9. The van der Waals surface area contributed by atoms with E-state index in [1.807, 2.05) is 0 Å². The standard InChI is InChI=1S/C21H28FN3O6S/c1-8-9-16-21(7,14-12-13(25(27)28)10-11-15(14)22)24-17(20(5,6)32(16,29)30)23-18(26)31-19(2,3)4/h8,10-12,16H,1,9H2,2-7H3,(H,23,24,26)/t16-,21-/m1/s1. The number of ether oxygens (including phenoxy) is 1. The van der Waals surface area contributed by atoms with Crippen LogP contribution in [0.15, 0.2) is 35.8 Å². The molecule has 0 bridgehead atoms. The summed E-state index contributed by atoms with van der Waals surface area (Å²) in [7, 11) is -4.12. The molecule has 2 rings (SSSR count).